The van der Waals surface area contributed by atoms with Crippen LogP contribution < -0.4 is 0 Å². The van der Waals surface area contributed by atoms with E-state index in [1.54, 1.807) is 0 Å². The lowest BCUT2D eigenvalue weighted by Crippen LogP contribution is -2.64. The Balaban J connectivity index is 1.52. The molecule has 5 rings (SSSR count). The molecule has 2 fully saturated rings. The normalized spacial score (nSPS) is 27.3. The molecule has 3 atom stereocenters. The van der Waals surface area contributed by atoms with E-state index in [1.807, 2.05) is 4.90 Å². The maximum atomic E-state index is 13.1. The number of rotatable bonds is 5. The largest absolute Gasteiger partial charge is 0.465 e. The number of nitrogens with zero attached hydrogens (tertiary/aromatic N) is 3. The van der Waals surface area contributed by atoms with Crippen molar-refractivity contribution in [2.45, 2.75) is 77.0 Å². The molecule has 0 radical (unpaired) electrons. The molecule has 35 heavy (non-hydrogen) atoms. The summed E-state index contributed by atoms with van der Waals surface area (Å²) < 4.78 is 0. The molecule has 0 spiro atoms. The molecule has 0 aromatic heterocycles. The van der Waals surface area contributed by atoms with Crippen LogP contribution >= 0.6 is 0 Å². The molecule has 2 aliphatic heterocycles. The first-order valence-electron chi connectivity index (χ1n) is 13.4. The molecule has 188 valence electrons. The minimum absolute atomic E-state index is 0.175. The summed E-state index contributed by atoms with van der Waals surface area (Å²) in [6.45, 7) is 11.2. The maximum Gasteiger partial charge on any atom is 0.408 e. The van der Waals surface area contributed by atoms with Gasteiger partial charge >= 0.3 is 6.09 Å². The van der Waals surface area contributed by atoms with Gasteiger partial charge in [-0.1, -0.05) is 75.4 Å². The first kappa shape index (κ1) is 24.3. The van der Waals surface area contributed by atoms with Gasteiger partial charge in [-0.3, -0.25) is 14.7 Å². The van der Waals surface area contributed by atoms with Gasteiger partial charge in [-0.25, -0.2) is 4.79 Å². The highest BCUT2D eigenvalue weighted by atomic mass is 16.4. The summed E-state index contributed by atoms with van der Waals surface area (Å²) in [5, 5.41) is 10.8. The van der Waals surface area contributed by atoms with Crippen LogP contribution in [0.3, 0.4) is 0 Å². The van der Waals surface area contributed by atoms with Crippen molar-refractivity contribution in [2.24, 2.45) is 5.41 Å². The van der Waals surface area contributed by atoms with Gasteiger partial charge in [0.15, 0.2) is 0 Å². The van der Waals surface area contributed by atoms with Crippen LogP contribution in [-0.2, 0) is 18.5 Å². The summed E-state index contributed by atoms with van der Waals surface area (Å²) >= 11 is 0. The van der Waals surface area contributed by atoms with Crippen LogP contribution in [0, 0.1) is 5.41 Å². The lowest BCUT2D eigenvalue weighted by atomic mass is 9.62. The van der Waals surface area contributed by atoms with Gasteiger partial charge in [0.05, 0.1) is 5.54 Å². The highest BCUT2D eigenvalue weighted by Gasteiger charge is 2.53. The summed E-state index contributed by atoms with van der Waals surface area (Å²) in [7, 11) is 0. The molecule has 5 nitrogen and oxygen atoms in total. The molecule has 1 N–H and O–H groups in total. The van der Waals surface area contributed by atoms with E-state index in [2.05, 4.69) is 85.2 Å². The number of carboxylic acid groups (broad SMARTS) is 1. The molecule has 2 saturated heterocycles. The standard InChI is InChI=1S/C30H41N3O2/c1-29(2,3)30(17-9-14-24-13-7-8-16-27(24)30)33(28(34)35)22-26-21-31-18-10-15-25(31)20-32(26)19-23-11-5-4-6-12-23/h4-8,11-13,16,25-26H,9-10,14-15,17-22H2,1-3H3,(H,34,35)/t25-,26+,30+/m1/s1. The highest BCUT2D eigenvalue weighted by Crippen LogP contribution is 2.52. The van der Waals surface area contributed by atoms with Crippen LogP contribution in [0.4, 0.5) is 4.79 Å². The smallest absolute Gasteiger partial charge is 0.408 e. The van der Waals surface area contributed by atoms with Gasteiger partial charge in [0.1, 0.15) is 0 Å². The monoisotopic (exact) mass is 475 g/mol. The Hall–Kier alpha value is -2.37. The number of amides is 1. The molecule has 0 bridgehead atoms. The zero-order valence-electron chi connectivity index (χ0n) is 21.6. The lowest BCUT2D eigenvalue weighted by molar-refractivity contribution is -0.0451. The van der Waals surface area contributed by atoms with Crippen LogP contribution in [-0.4, -0.2) is 64.2 Å². The molecule has 1 aliphatic carbocycles. The lowest BCUT2D eigenvalue weighted by Gasteiger charge is -2.56. The molecule has 0 unspecified atom stereocenters. The SMILES string of the molecule is CC(C)(C)[C@]1(N(C[C@@H]2CN3CCC[C@@H]3CN2Cc2ccccc2)C(=O)O)CCCc2ccccc21. The van der Waals surface area contributed by atoms with Gasteiger partial charge in [-0.2, -0.15) is 0 Å². The number of hydrogen-bond donors (Lipinski definition) is 1. The van der Waals surface area contributed by atoms with Gasteiger partial charge in [0, 0.05) is 38.3 Å². The second kappa shape index (κ2) is 9.59. The van der Waals surface area contributed by atoms with Gasteiger partial charge in [-0.15, -0.1) is 0 Å². The van der Waals surface area contributed by atoms with E-state index in [1.165, 1.54) is 29.5 Å². The second-order valence-corrected chi connectivity index (χ2v) is 11.9. The number of carbonyl (C=O) groups is 1. The average Bonchev–Trinajstić information content (AvgIpc) is 3.29. The number of benzene rings is 2. The molecular formula is C30H41N3O2. The van der Waals surface area contributed by atoms with Crippen molar-refractivity contribution >= 4 is 6.09 Å². The van der Waals surface area contributed by atoms with Crippen LogP contribution in [0.2, 0.25) is 0 Å². The van der Waals surface area contributed by atoms with Crippen LogP contribution in [0.5, 0.6) is 0 Å². The van der Waals surface area contributed by atoms with Gasteiger partial charge in [0.25, 0.3) is 0 Å². The van der Waals surface area contributed by atoms with E-state index in [4.69, 9.17) is 0 Å². The van der Waals surface area contributed by atoms with Crippen molar-refractivity contribution in [3.8, 4) is 0 Å². The summed E-state index contributed by atoms with van der Waals surface area (Å²) in [4.78, 5) is 20.2. The molecule has 3 aliphatic rings. The third-order valence-electron chi connectivity index (χ3n) is 8.91. The topological polar surface area (TPSA) is 47.0 Å². The number of piperazine rings is 1. The zero-order valence-corrected chi connectivity index (χ0v) is 21.6. The van der Waals surface area contributed by atoms with E-state index >= 15 is 0 Å². The quantitative estimate of drug-likeness (QED) is 0.612. The summed E-state index contributed by atoms with van der Waals surface area (Å²) in [5.41, 5.74) is 3.07. The van der Waals surface area contributed by atoms with E-state index < -0.39 is 11.6 Å². The fourth-order valence-corrected chi connectivity index (χ4v) is 7.22. The maximum absolute atomic E-state index is 13.1. The second-order valence-electron chi connectivity index (χ2n) is 11.9. The number of fused-ring (bicyclic) bond motifs is 2. The Morgan fingerprint density at radius 3 is 2.54 bits per heavy atom. The summed E-state index contributed by atoms with van der Waals surface area (Å²) in [6, 6.07) is 20.0. The molecule has 2 aromatic rings. The minimum Gasteiger partial charge on any atom is -0.465 e. The van der Waals surface area contributed by atoms with Crippen molar-refractivity contribution in [3.63, 3.8) is 0 Å². The molecule has 1 amide bonds. The van der Waals surface area contributed by atoms with E-state index in [-0.39, 0.29) is 11.5 Å². The molecular weight excluding hydrogens is 434 g/mol. The third-order valence-corrected chi connectivity index (χ3v) is 8.91. The van der Waals surface area contributed by atoms with Crippen LogP contribution in [0.25, 0.3) is 0 Å². The third kappa shape index (κ3) is 4.49. The van der Waals surface area contributed by atoms with E-state index in [9.17, 15) is 9.90 Å². The van der Waals surface area contributed by atoms with Gasteiger partial charge < -0.3 is 5.11 Å². The van der Waals surface area contributed by atoms with Gasteiger partial charge in [0.2, 0.25) is 0 Å². The first-order chi connectivity index (χ1) is 16.8. The Morgan fingerprint density at radius 1 is 1.06 bits per heavy atom. The minimum atomic E-state index is -0.792. The predicted molar refractivity (Wildman–Crippen MR) is 140 cm³/mol. The Kier molecular flexibility index (Phi) is 6.67. The van der Waals surface area contributed by atoms with Crippen LogP contribution in [0.1, 0.15) is 63.1 Å². The zero-order chi connectivity index (χ0) is 24.6. The fourth-order valence-electron chi connectivity index (χ4n) is 7.22. The predicted octanol–water partition coefficient (Wildman–Crippen LogP) is 5.59. The number of aryl methyl sites for hydroxylation is 1. The Labute approximate surface area is 210 Å². The average molecular weight is 476 g/mol. The fraction of sp³-hybridized carbons (Fsp3) is 0.567. The highest BCUT2D eigenvalue weighted by molar-refractivity contribution is 5.67. The molecule has 0 saturated carbocycles. The first-order valence-corrected chi connectivity index (χ1v) is 13.4. The molecule has 5 heteroatoms. The summed E-state index contributed by atoms with van der Waals surface area (Å²) in [6.07, 6.45) is 4.63. The van der Waals surface area contributed by atoms with Crippen molar-refractivity contribution in [3.05, 3.63) is 71.3 Å². The Bertz CT molecular complexity index is 1030. The summed E-state index contributed by atoms with van der Waals surface area (Å²) in [5.74, 6) is 0. The van der Waals surface area contributed by atoms with Crippen molar-refractivity contribution in [1.82, 2.24) is 14.7 Å². The number of hydrogen-bond acceptors (Lipinski definition) is 3. The molecule has 2 heterocycles. The van der Waals surface area contributed by atoms with E-state index in [0.717, 1.165) is 45.4 Å². The molecule has 2 aromatic carbocycles. The Morgan fingerprint density at radius 2 is 1.80 bits per heavy atom. The van der Waals surface area contributed by atoms with E-state index in [0.29, 0.717) is 12.6 Å². The van der Waals surface area contributed by atoms with Gasteiger partial charge in [-0.05, 0) is 60.8 Å². The van der Waals surface area contributed by atoms with Crippen molar-refractivity contribution in [2.75, 3.05) is 26.2 Å². The van der Waals surface area contributed by atoms with Crippen molar-refractivity contribution in [1.29, 1.82) is 0 Å². The van der Waals surface area contributed by atoms with Crippen molar-refractivity contribution < 1.29 is 9.90 Å². The van der Waals surface area contributed by atoms with Crippen LogP contribution in [0.15, 0.2) is 54.6 Å².